The predicted octanol–water partition coefficient (Wildman–Crippen LogP) is 3.49. The van der Waals surface area contributed by atoms with Crippen LogP contribution in [0.15, 0.2) is 42.5 Å². The number of hydrogen-bond donors (Lipinski definition) is 1. The number of methoxy groups -OCH3 is 2. The van der Waals surface area contributed by atoms with Gasteiger partial charge in [0.05, 0.1) is 14.2 Å². The van der Waals surface area contributed by atoms with Gasteiger partial charge in [0, 0.05) is 5.92 Å². The molecule has 21 heavy (non-hydrogen) atoms. The molecule has 0 aliphatic rings. The molecule has 0 bridgehead atoms. The monoisotopic (exact) mass is 285 g/mol. The van der Waals surface area contributed by atoms with Gasteiger partial charge in [0.25, 0.3) is 0 Å². The Morgan fingerprint density at radius 1 is 0.952 bits per heavy atom. The Labute approximate surface area is 126 Å². The van der Waals surface area contributed by atoms with E-state index in [2.05, 4.69) is 37.3 Å². The third kappa shape index (κ3) is 3.56. The summed E-state index contributed by atoms with van der Waals surface area (Å²) >= 11 is 0. The fourth-order valence-electron chi connectivity index (χ4n) is 2.65. The van der Waals surface area contributed by atoms with Crippen LogP contribution in [-0.2, 0) is 0 Å². The van der Waals surface area contributed by atoms with Crippen LogP contribution < -0.4 is 15.2 Å². The van der Waals surface area contributed by atoms with E-state index in [-0.39, 0.29) is 5.92 Å². The standard InChI is InChI=1S/C18H23NO2/c1-13-5-4-6-14(11-13)16(9-10-19)15-7-8-17(20-2)18(12-15)21-3/h4-8,11-12,16H,9-10,19H2,1-3H3. The zero-order valence-electron chi connectivity index (χ0n) is 12.9. The van der Waals surface area contributed by atoms with Crippen molar-refractivity contribution in [3.8, 4) is 11.5 Å². The van der Waals surface area contributed by atoms with E-state index >= 15 is 0 Å². The van der Waals surface area contributed by atoms with Crippen molar-refractivity contribution in [3.05, 3.63) is 59.2 Å². The molecule has 3 heteroatoms. The Kier molecular flexibility index (Phi) is 5.23. The summed E-state index contributed by atoms with van der Waals surface area (Å²) in [7, 11) is 3.31. The van der Waals surface area contributed by atoms with Crippen molar-refractivity contribution < 1.29 is 9.47 Å². The molecule has 0 fully saturated rings. The molecular formula is C18H23NO2. The average molecular weight is 285 g/mol. The van der Waals surface area contributed by atoms with E-state index in [0.717, 1.165) is 17.9 Å². The molecule has 0 aliphatic carbocycles. The normalized spacial score (nSPS) is 12.0. The van der Waals surface area contributed by atoms with Crippen LogP contribution in [0.3, 0.4) is 0 Å². The molecule has 0 amide bonds. The van der Waals surface area contributed by atoms with Gasteiger partial charge < -0.3 is 15.2 Å². The van der Waals surface area contributed by atoms with E-state index in [1.165, 1.54) is 16.7 Å². The lowest BCUT2D eigenvalue weighted by Gasteiger charge is -2.19. The van der Waals surface area contributed by atoms with Crippen LogP contribution in [0.1, 0.15) is 29.0 Å². The van der Waals surface area contributed by atoms with E-state index < -0.39 is 0 Å². The Balaban J connectivity index is 2.43. The SMILES string of the molecule is COc1ccc(C(CCN)c2cccc(C)c2)cc1OC. The largest absolute Gasteiger partial charge is 0.493 e. The molecule has 0 heterocycles. The minimum atomic E-state index is 0.273. The molecule has 0 aromatic heterocycles. The maximum absolute atomic E-state index is 5.81. The first-order valence-electron chi connectivity index (χ1n) is 7.18. The fourth-order valence-corrected chi connectivity index (χ4v) is 2.65. The molecule has 0 saturated heterocycles. The third-order valence-corrected chi connectivity index (χ3v) is 3.71. The number of benzene rings is 2. The molecule has 0 radical (unpaired) electrons. The summed E-state index contributed by atoms with van der Waals surface area (Å²) in [5, 5.41) is 0. The Bertz CT molecular complexity index is 596. The van der Waals surface area contributed by atoms with Crippen molar-refractivity contribution in [2.45, 2.75) is 19.3 Å². The van der Waals surface area contributed by atoms with Gasteiger partial charge in [-0.1, -0.05) is 35.9 Å². The summed E-state index contributed by atoms with van der Waals surface area (Å²) in [5.74, 6) is 1.77. The summed E-state index contributed by atoms with van der Waals surface area (Å²) < 4.78 is 10.7. The Hall–Kier alpha value is -2.00. The van der Waals surface area contributed by atoms with Crippen LogP contribution in [0.2, 0.25) is 0 Å². The molecule has 1 atom stereocenters. The zero-order chi connectivity index (χ0) is 15.2. The van der Waals surface area contributed by atoms with Gasteiger partial charge in [-0.15, -0.1) is 0 Å². The Morgan fingerprint density at radius 2 is 1.67 bits per heavy atom. The van der Waals surface area contributed by atoms with E-state index in [0.29, 0.717) is 6.54 Å². The van der Waals surface area contributed by atoms with Crippen molar-refractivity contribution in [2.24, 2.45) is 5.73 Å². The first-order valence-corrected chi connectivity index (χ1v) is 7.18. The molecule has 1 unspecified atom stereocenters. The zero-order valence-corrected chi connectivity index (χ0v) is 12.9. The number of hydrogen-bond acceptors (Lipinski definition) is 3. The van der Waals surface area contributed by atoms with Gasteiger partial charge in [-0.3, -0.25) is 0 Å². The molecule has 2 N–H and O–H groups in total. The van der Waals surface area contributed by atoms with Gasteiger partial charge in [0.15, 0.2) is 11.5 Å². The van der Waals surface area contributed by atoms with Crippen molar-refractivity contribution in [3.63, 3.8) is 0 Å². The smallest absolute Gasteiger partial charge is 0.161 e. The maximum Gasteiger partial charge on any atom is 0.161 e. The van der Waals surface area contributed by atoms with Gasteiger partial charge in [-0.05, 0) is 43.1 Å². The highest BCUT2D eigenvalue weighted by atomic mass is 16.5. The minimum absolute atomic E-state index is 0.273. The molecule has 2 aromatic rings. The summed E-state index contributed by atoms with van der Waals surface area (Å²) in [6.45, 7) is 2.75. The van der Waals surface area contributed by atoms with Crippen molar-refractivity contribution in [1.29, 1.82) is 0 Å². The molecule has 0 saturated carbocycles. The second kappa shape index (κ2) is 7.14. The van der Waals surface area contributed by atoms with E-state index in [9.17, 15) is 0 Å². The van der Waals surface area contributed by atoms with Crippen molar-refractivity contribution in [2.75, 3.05) is 20.8 Å². The van der Waals surface area contributed by atoms with Gasteiger partial charge in [-0.25, -0.2) is 0 Å². The first kappa shape index (κ1) is 15.4. The third-order valence-electron chi connectivity index (χ3n) is 3.71. The highest BCUT2D eigenvalue weighted by Gasteiger charge is 2.16. The topological polar surface area (TPSA) is 44.5 Å². The van der Waals surface area contributed by atoms with Crippen LogP contribution in [0.25, 0.3) is 0 Å². The fraction of sp³-hybridized carbons (Fsp3) is 0.333. The lowest BCUT2D eigenvalue weighted by atomic mass is 9.87. The van der Waals surface area contributed by atoms with E-state index in [1.54, 1.807) is 14.2 Å². The number of rotatable bonds is 6. The lowest BCUT2D eigenvalue weighted by molar-refractivity contribution is 0.354. The quantitative estimate of drug-likeness (QED) is 0.883. The summed E-state index contributed by atoms with van der Waals surface area (Å²) in [6.07, 6.45) is 0.902. The van der Waals surface area contributed by atoms with Crippen molar-refractivity contribution >= 4 is 0 Å². The predicted molar refractivity (Wildman–Crippen MR) is 86.2 cm³/mol. The van der Waals surface area contributed by atoms with Gasteiger partial charge in [0.1, 0.15) is 0 Å². The number of nitrogens with two attached hydrogens (primary N) is 1. The first-order chi connectivity index (χ1) is 10.2. The number of aryl methyl sites for hydroxylation is 1. The summed E-state index contributed by atoms with van der Waals surface area (Å²) in [6, 6.07) is 14.7. The van der Waals surface area contributed by atoms with Crippen molar-refractivity contribution in [1.82, 2.24) is 0 Å². The second-order valence-corrected chi connectivity index (χ2v) is 5.16. The summed E-state index contributed by atoms with van der Waals surface area (Å²) in [5.41, 5.74) is 9.55. The van der Waals surface area contributed by atoms with Crippen LogP contribution in [0.5, 0.6) is 11.5 Å². The molecule has 112 valence electrons. The molecule has 0 aliphatic heterocycles. The van der Waals surface area contributed by atoms with Crippen LogP contribution in [0, 0.1) is 6.92 Å². The summed E-state index contributed by atoms with van der Waals surface area (Å²) in [4.78, 5) is 0. The molecule has 0 spiro atoms. The van der Waals surface area contributed by atoms with Crippen LogP contribution in [0.4, 0.5) is 0 Å². The highest BCUT2D eigenvalue weighted by Crippen LogP contribution is 2.34. The minimum Gasteiger partial charge on any atom is -0.493 e. The number of ether oxygens (including phenoxy) is 2. The maximum atomic E-state index is 5.81. The second-order valence-electron chi connectivity index (χ2n) is 5.16. The van der Waals surface area contributed by atoms with E-state index in [4.69, 9.17) is 15.2 Å². The molecular weight excluding hydrogens is 262 g/mol. The highest BCUT2D eigenvalue weighted by molar-refractivity contribution is 5.46. The van der Waals surface area contributed by atoms with Gasteiger partial charge >= 0.3 is 0 Å². The Morgan fingerprint density at radius 3 is 2.29 bits per heavy atom. The average Bonchev–Trinajstić information content (AvgIpc) is 2.52. The van der Waals surface area contributed by atoms with Gasteiger partial charge in [0.2, 0.25) is 0 Å². The lowest BCUT2D eigenvalue weighted by Crippen LogP contribution is -2.09. The van der Waals surface area contributed by atoms with Crippen LogP contribution >= 0.6 is 0 Å². The molecule has 2 aromatic carbocycles. The van der Waals surface area contributed by atoms with Crippen LogP contribution in [-0.4, -0.2) is 20.8 Å². The molecule has 2 rings (SSSR count). The van der Waals surface area contributed by atoms with E-state index in [1.807, 2.05) is 12.1 Å². The molecule has 3 nitrogen and oxygen atoms in total. The van der Waals surface area contributed by atoms with Gasteiger partial charge in [-0.2, -0.15) is 0 Å².